The van der Waals surface area contributed by atoms with E-state index >= 15 is 0 Å². The Balaban J connectivity index is 4.17. The lowest BCUT2D eigenvalue weighted by Crippen LogP contribution is -2.37. The predicted molar refractivity (Wildman–Crippen MR) is 35.4 cm³/mol. The lowest BCUT2D eigenvalue weighted by Gasteiger charge is -2.10. The van der Waals surface area contributed by atoms with Gasteiger partial charge in [0.2, 0.25) is 0 Å². The molecular weight excluding hydrogens is 160 g/mol. The molecule has 5 N–H and O–H groups in total. The molecule has 0 bridgehead atoms. The van der Waals surface area contributed by atoms with Crippen molar-refractivity contribution in [3.8, 4) is 0 Å². The van der Waals surface area contributed by atoms with Crippen LogP contribution in [0.25, 0.3) is 0 Å². The van der Waals surface area contributed by atoms with E-state index in [1.807, 2.05) is 0 Å². The van der Waals surface area contributed by atoms with E-state index in [1.165, 1.54) is 5.48 Å². The second kappa shape index (κ2) is 3.80. The van der Waals surface area contributed by atoms with Crippen LogP contribution in [-0.2, 0) is 0 Å². The highest BCUT2D eigenvalue weighted by atomic mass is 32.1. The molecule has 0 radical (unpaired) electrons. The van der Waals surface area contributed by atoms with Gasteiger partial charge < -0.3 is 10.9 Å². The van der Waals surface area contributed by atoms with Crippen molar-refractivity contribution in [3.05, 3.63) is 0 Å². The fourth-order valence-corrected chi connectivity index (χ4v) is 0.318. The summed E-state index contributed by atoms with van der Waals surface area (Å²) in [5.41, 5.74) is 1.43. The zero-order valence-electron chi connectivity index (χ0n) is 4.72. The summed E-state index contributed by atoms with van der Waals surface area (Å²) in [5.74, 6) is 4.16. The monoisotopic (exact) mass is 166 g/mol. The molecule has 0 spiro atoms. The Labute approximate surface area is 61.6 Å². The Morgan fingerprint density at radius 1 is 1.80 bits per heavy atom. The zero-order chi connectivity index (χ0) is 8.15. The maximum atomic E-state index is 10.0. The molecule has 0 unspecified atom stereocenters. The molecule has 0 aromatic carbocycles. The van der Waals surface area contributed by atoms with Crippen molar-refractivity contribution in [1.82, 2.24) is 9.79 Å². The average Bonchev–Trinajstić information content (AvgIpc) is 1.90. The first-order valence-corrected chi connectivity index (χ1v) is 2.43. The van der Waals surface area contributed by atoms with Crippen LogP contribution in [0.5, 0.6) is 0 Å². The Bertz CT molecular complexity index is 159. The van der Waals surface area contributed by atoms with Crippen molar-refractivity contribution in [2.75, 3.05) is 0 Å². The molecule has 0 rings (SSSR count). The van der Waals surface area contributed by atoms with Gasteiger partial charge in [-0.25, -0.2) is 10.3 Å². The van der Waals surface area contributed by atoms with E-state index in [0.29, 0.717) is 4.31 Å². The fourth-order valence-electron chi connectivity index (χ4n) is 0.222. The number of carbonyl (C=O) groups is 1. The van der Waals surface area contributed by atoms with E-state index in [0.717, 1.165) is 0 Å². The molecule has 0 aliphatic rings. The summed E-state index contributed by atoms with van der Waals surface area (Å²) in [7, 11) is 0. The summed E-state index contributed by atoms with van der Waals surface area (Å²) in [6.45, 7) is 0. The van der Waals surface area contributed by atoms with Crippen LogP contribution in [0.2, 0.25) is 0 Å². The molecule has 7 nitrogen and oxygen atoms in total. The molecule has 0 aliphatic carbocycles. The number of carboxylic acid groups (broad SMARTS) is 1. The molecule has 0 heterocycles. The van der Waals surface area contributed by atoms with Crippen LogP contribution in [0.1, 0.15) is 0 Å². The van der Waals surface area contributed by atoms with Gasteiger partial charge in [0, 0.05) is 0 Å². The van der Waals surface area contributed by atoms with Crippen molar-refractivity contribution in [2.24, 2.45) is 10.9 Å². The normalized spacial score (nSPS) is 10.8. The minimum absolute atomic E-state index is 0.319. The zero-order valence-corrected chi connectivity index (χ0v) is 5.62. The van der Waals surface area contributed by atoms with Crippen molar-refractivity contribution >= 4 is 24.9 Å². The Morgan fingerprint density at radius 2 is 2.30 bits per heavy atom. The van der Waals surface area contributed by atoms with E-state index in [1.54, 1.807) is 0 Å². The van der Waals surface area contributed by atoms with E-state index in [9.17, 15) is 4.79 Å². The van der Waals surface area contributed by atoms with Crippen LogP contribution in [-0.4, -0.2) is 26.7 Å². The maximum absolute atomic E-state index is 10.0. The van der Waals surface area contributed by atoms with Crippen molar-refractivity contribution in [3.63, 3.8) is 0 Å². The lowest BCUT2D eigenvalue weighted by atomic mass is 10.9. The van der Waals surface area contributed by atoms with Gasteiger partial charge in [0.25, 0.3) is 5.96 Å². The maximum Gasteiger partial charge on any atom is 0.424 e. The van der Waals surface area contributed by atoms with Gasteiger partial charge in [-0.15, -0.1) is 5.10 Å². The number of hydrogen-bond donors (Lipinski definition) is 5. The number of hydrogen-bond acceptors (Lipinski definition) is 5. The van der Waals surface area contributed by atoms with Gasteiger partial charge in [0.1, 0.15) is 0 Å². The number of hydroxylamine groups is 1. The smallest absolute Gasteiger partial charge is 0.424 e. The van der Waals surface area contributed by atoms with Crippen LogP contribution in [0.4, 0.5) is 4.79 Å². The van der Waals surface area contributed by atoms with Crippen molar-refractivity contribution in [1.29, 1.82) is 0 Å². The quantitative estimate of drug-likeness (QED) is 0.104. The molecule has 0 saturated carbocycles. The third kappa shape index (κ3) is 1.99. The SMILES string of the molecule is N/N=C(/NO)N(S)C(=O)O. The Hall–Kier alpha value is -1.15. The number of thiol groups is 1. The number of nitrogens with zero attached hydrogens (tertiary/aromatic N) is 2. The van der Waals surface area contributed by atoms with Gasteiger partial charge in [-0.05, 0) is 0 Å². The highest BCUT2D eigenvalue weighted by Crippen LogP contribution is 1.92. The van der Waals surface area contributed by atoms with Crippen molar-refractivity contribution < 1.29 is 15.1 Å². The largest absolute Gasteiger partial charge is 0.464 e. The van der Waals surface area contributed by atoms with Crippen LogP contribution >= 0.6 is 12.8 Å². The molecule has 0 aromatic rings. The first kappa shape index (κ1) is 8.85. The van der Waals surface area contributed by atoms with Crippen LogP contribution in [0.3, 0.4) is 0 Å². The minimum atomic E-state index is -1.41. The molecule has 0 saturated heterocycles. The van der Waals surface area contributed by atoms with E-state index in [2.05, 4.69) is 23.8 Å². The summed E-state index contributed by atoms with van der Waals surface area (Å²) in [6, 6.07) is 0. The first-order valence-electron chi connectivity index (χ1n) is 2.03. The van der Waals surface area contributed by atoms with Crippen LogP contribution < -0.4 is 11.3 Å². The summed E-state index contributed by atoms with van der Waals surface area (Å²) in [5, 5.41) is 19.2. The van der Waals surface area contributed by atoms with Gasteiger partial charge in [-0.3, -0.25) is 5.21 Å². The van der Waals surface area contributed by atoms with Crippen LogP contribution in [0.15, 0.2) is 5.10 Å². The van der Waals surface area contributed by atoms with Gasteiger partial charge in [0.15, 0.2) is 0 Å². The van der Waals surface area contributed by atoms with E-state index < -0.39 is 12.1 Å². The molecule has 8 heteroatoms. The molecule has 0 atom stereocenters. The summed E-state index contributed by atoms with van der Waals surface area (Å²) in [6.07, 6.45) is -1.41. The highest BCUT2D eigenvalue weighted by Gasteiger charge is 2.12. The number of amides is 1. The number of guanidine groups is 1. The highest BCUT2D eigenvalue weighted by molar-refractivity contribution is 7.79. The van der Waals surface area contributed by atoms with Crippen LogP contribution in [0, 0.1) is 0 Å². The molecule has 58 valence electrons. The van der Waals surface area contributed by atoms with E-state index in [4.69, 9.17) is 10.3 Å². The molecule has 1 amide bonds. The molecule has 0 fully saturated rings. The fraction of sp³-hybridized carbons (Fsp3) is 0. The standard InChI is InChI=1S/C2H6N4O3S/c3-4-1(5-9)6(10)2(7)8/h9-10H,3H2,(H,4,5)(H,7,8). The summed E-state index contributed by atoms with van der Waals surface area (Å²) >= 11 is 3.38. The van der Waals surface area contributed by atoms with E-state index in [-0.39, 0.29) is 0 Å². The summed E-state index contributed by atoms with van der Waals surface area (Å²) < 4.78 is 0.319. The van der Waals surface area contributed by atoms with Gasteiger partial charge in [-0.1, -0.05) is 12.8 Å². The lowest BCUT2D eigenvalue weighted by molar-refractivity contribution is 0.178. The Morgan fingerprint density at radius 3 is 2.40 bits per heavy atom. The predicted octanol–water partition coefficient (Wildman–Crippen LogP) is -0.980. The first-order chi connectivity index (χ1) is 4.63. The van der Waals surface area contributed by atoms with Crippen molar-refractivity contribution in [2.45, 2.75) is 0 Å². The molecule has 0 aliphatic heterocycles. The third-order valence-electron chi connectivity index (χ3n) is 0.604. The van der Waals surface area contributed by atoms with Gasteiger partial charge in [-0.2, -0.15) is 4.31 Å². The number of hydrazone groups is 1. The summed E-state index contributed by atoms with van der Waals surface area (Å²) in [4.78, 5) is 10.0. The Kier molecular flexibility index (Phi) is 3.36. The minimum Gasteiger partial charge on any atom is -0.464 e. The van der Waals surface area contributed by atoms with Gasteiger partial charge in [0.05, 0.1) is 0 Å². The average molecular weight is 166 g/mol. The number of rotatable bonds is 0. The number of nitrogens with one attached hydrogen (secondary N) is 1. The van der Waals surface area contributed by atoms with Gasteiger partial charge >= 0.3 is 6.09 Å². The molecular formula is C2H6N4O3S. The second-order valence-electron chi connectivity index (χ2n) is 1.16. The topological polar surface area (TPSA) is 111 Å². The second-order valence-corrected chi connectivity index (χ2v) is 1.56. The third-order valence-corrected chi connectivity index (χ3v) is 0.965. The molecule has 10 heavy (non-hydrogen) atoms. The molecule has 0 aromatic heterocycles. The number of nitrogens with two attached hydrogens (primary N) is 1.